The summed E-state index contributed by atoms with van der Waals surface area (Å²) in [5.41, 5.74) is 5.38. The average Bonchev–Trinajstić information content (AvgIpc) is 2.95. The Bertz CT molecular complexity index is 866. The highest BCUT2D eigenvalue weighted by molar-refractivity contribution is 6.30. The number of halogens is 2. The number of hydrogen-bond acceptors (Lipinski definition) is 2. The van der Waals surface area contributed by atoms with Gasteiger partial charge in [-0.05, 0) is 49.6 Å². The third-order valence-electron chi connectivity index (χ3n) is 4.45. The predicted octanol–water partition coefficient (Wildman–Crippen LogP) is 3.79. The molecule has 1 aliphatic carbocycles. The number of carbonyl (C=O) groups excluding carboxylic acids is 1. The van der Waals surface area contributed by atoms with Gasteiger partial charge in [-0.3, -0.25) is 4.79 Å². The minimum atomic E-state index is -1.15. The zero-order valence-corrected chi connectivity index (χ0v) is 15.0. The summed E-state index contributed by atoms with van der Waals surface area (Å²) in [7, 11) is 0. The molecule has 0 spiro atoms. The van der Waals surface area contributed by atoms with Crippen LogP contribution in [0, 0.1) is 11.8 Å². The number of rotatable bonds is 2. The van der Waals surface area contributed by atoms with Crippen molar-refractivity contribution in [3.63, 3.8) is 0 Å². The zero-order valence-electron chi connectivity index (χ0n) is 13.5. The molecule has 1 saturated carbocycles. The van der Waals surface area contributed by atoms with E-state index in [0.717, 1.165) is 18.4 Å². The van der Waals surface area contributed by atoms with Crippen molar-refractivity contribution in [1.29, 1.82) is 0 Å². The van der Waals surface area contributed by atoms with Crippen LogP contribution >= 0.6 is 23.2 Å². The Kier molecular flexibility index (Phi) is 5.10. The van der Waals surface area contributed by atoms with Crippen LogP contribution in [0.25, 0.3) is 0 Å². The van der Waals surface area contributed by atoms with Gasteiger partial charge in [0.05, 0.1) is 0 Å². The molecule has 0 saturated heterocycles. The minimum absolute atomic E-state index is 0.127. The van der Waals surface area contributed by atoms with Crippen LogP contribution in [0.1, 0.15) is 47.8 Å². The highest BCUT2D eigenvalue weighted by Crippen LogP contribution is 2.38. The van der Waals surface area contributed by atoms with E-state index in [-0.39, 0.29) is 6.04 Å². The number of primary amides is 1. The van der Waals surface area contributed by atoms with E-state index in [9.17, 15) is 9.90 Å². The Morgan fingerprint density at radius 2 is 2.12 bits per heavy atom. The number of nitrogens with zero attached hydrogens (tertiary/aromatic N) is 1. The van der Waals surface area contributed by atoms with E-state index in [1.54, 1.807) is 28.8 Å². The van der Waals surface area contributed by atoms with E-state index in [4.69, 9.17) is 28.9 Å². The molecule has 1 heterocycles. The first-order valence-electron chi connectivity index (χ1n) is 8.06. The molecular weight excluding hydrogens is 359 g/mol. The van der Waals surface area contributed by atoms with Crippen molar-refractivity contribution in [1.82, 2.24) is 4.57 Å². The largest absolute Gasteiger partial charge is 0.378 e. The molecule has 1 fully saturated rings. The number of aliphatic hydroxyl groups is 1. The monoisotopic (exact) mass is 376 g/mol. The van der Waals surface area contributed by atoms with E-state index in [1.165, 1.54) is 0 Å². The predicted molar refractivity (Wildman–Crippen MR) is 98.7 cm³/mol. The lowest BCUT2D eigenvalue weighted by Crippen LogP contribution is -2.36. The molecule has 0 unspecified atom stereocenters. The fraction of sp³-hybridized carbons (Fsp3) is 0.316. The summed E-state index contributed by atoms with van der Waals surface area (Å²) in [6.07, 6.45) is 2.53. The van der Waals surface area contributed by atoms with Crippen molar-refractivity contribution < 1.29 is 9.90 Å². The van der Waals surface area contributed by atoms with Gasteiger partial charge in [0.25, 0.3) is 5.91 Å². The lowest BCUT2D eigenvalue weighted by molar-refractivity contribution is 0.0392. The first-order chi connectivity index (χ1) is 11.9. The summed E-state index contributed by atoms with van der Waals surface area (Å²) in [4.78, 5) is 11.6. The Hall–Kier alpha value is -1.93. The smallest absolute Gasteiger partial charge is 0.265 e. The number of nitrogens with two attached hydrogens (primary N) is 1. The molecule has 1 amide bonds. The maximum atomic E-state index is 11.6. The highest BCUT2D eigenvalue weighted by Gasteiger charge is 2.35. The van der Waals surface area contributed by atoms with E-state index in [0.29, 0.717) is 28.7 Å². The Morgan fingerprint density at radius 3 is 2.84 bits per heavy atom. The van der Waals surface area contributed by atoms with Crippen molar-refractivity contribution in [2.45, 2.75) is 37.3 Å². The van der Waals surface area contributed by atoms with Gasteiger partial charge in [0.1, 0.15) is 16.4 Å². The average molecular weight is 377 g/mol. The van der Waals surface area contributed by atoms with Crippen molar-refractivity contribution in [2.75, 3.05) is 0 Å². The van der Waals surface area contributed by atoms with Crippen LogP contribution in [-0.2, 0) is 0 Å². The summed E-state index contributed by atoms with van der Waals surface area (Å²) in [6.45, 7) is 0. The second-order valence-electron chi connectivity index (χ2n) is 6.32. The molecule has 4 nitrogen and oxygen atoms in total. The second kappa shape index (κ2) is 7.13. The van der Waals surface area contributed by atoms with E-state index >= 15 is 0 Å². The van der Waals surface area contributed by atoms with Gasteiger partial charge in [0.15, 0.2) is 0 Å². The van der Waals surface area contributed by atoms with Crippen molar-refractivity contribution in [3.05, 3.63) is 57.8 Å². The van der Waals surface area contributed by atoms with Gasteiger partial charge >= 0.3 is 0 Å². The molecule has 0 aliphatic heterocycles. The van der Waals surface area contributed by atoms with Gasteiger partial charge in [-0.1, -0.05) is 41.1 Å². The van der Waals surface area contributed by atoms with E-state index < -0.39 is 11.5 Å². The molecule has 2 aromatic rings. The quantitative estimate of drug-likeness (QED) is 0.782. The molecule has 0 bridgehead atoms. The molecule has 3 N–H and O–H groups in total. The first-order valence-corrected chi connectivity index (χ1v) is 8.81. The van der Waals surface area contributed by atoms with Crippen LogP contribution in [0.15, 0.2) is 36.4 Å². The van der Waals surface area contributed by atoms with Crippen molar-refractivity contribution >= 4 is 29.1 Å². The van der Waals surface area contributed by atoms with Gasteiger partial charge in [0, 0.05) is 23.0 Å². The van der Waals surface area contributed by atoms with Crippen LogP contribution in [-0.4, -0.2) is 21.2 Å². The van der Waals surface area contributed by atoms with Crippen LogP contribution in [0.3, 0.4) is 0 Å². The topological polar surface area (TPSA) is 68.2 Å². The molecular formula is C19H18Cl2N2O2. The third kappa shape index (κ3) is 4.01. The summed E-state index contributed by atoms with van der Waals surface area (Å²) < 4.78 is 1.70. The van der Waals surface area contributed by atoms with Gasteiger partial charge in [-0.15, -0.1) is 0 Å². The van der Waals surface area contributed by atoms with Crippen LogP contribution < -0.4 is 5.73 Å². The van der Waals surface area contributed by atoms with Crippen LogP contribution in [0.4, 0.5) is 0 Å². The number of hydrogen-bond donors (Lipinski definition) is 2. The molecule has 3 rings (SSSR count). The Morgan fingerprint density at radius 1 is 1.32 bits per heavy atom. The summed E-state index contributed by atoms with van der Waals surface area (Å²) in [5, 5.41) is 12.0. The molecule has 6 heteroatoms. The fourth-order valence-corrected chi connectivity index (χ4v) is 3.79. The van der Waals surface area contributed by atoms with Crippen LogP contribution in [0.2, 0.25) is 10.2 Å². The first kappa shape index (κ1) is 17.9. The SMILES string of the molecule is NC(=O)c1ccc(Cl)n1[C@H]1CCC[C@@](O)(C#Cc2cccc(Cl)c2)C1. The van der Waals surface area contributed by atoms with Crippen molar-refractivity contribution in [3.8, 4) is 11.8 Å². The maximum Gasteiger partial charge on any atom is 0.265 e. The third-order valence-corrected chi connectivity index (χ3v) is 4.99. The molecule has 1 aromatic carbocycles. The second-order valence-corrected chi connectivity index (χ2v) is 7.14. The minimum Gasteiger partial charge on any atom is -0.378 e. The molecule has 2 atom stereocenters. The number of amides is 1. The fourth-order valence-electron chi connectivity index (χ4n) is 3.31. The number of carbonyl (C=O) groups is 1. The normalized spacial score (nSPS) is 22.9. The molecule has 130 valence electrons. The molecule has 0 radical (unpaired) electrons. The zero-order chi connectivity index (χ0) is 18.0. The van der Waals surface area contributed by atoms with E-state index in [1.807, 2.05) is 12.1 Å². The van der Waals surface area contributed by atoms with Gasteiger partial charge < -0.3 is 15.4 Å². The van der Waals surface area contributed by atoms with Gasteiger partial charge in [0.2, 0.25) is 0 Å². The van der Waals surface area contributed by atoms with Gasteiger partial charge in [-0.2, -0.15) is 0 Å². The van der Waals surface area contributed by atoms with Gasteiger partial charge in [-0.25, -0.2) is 0 Å². The number of aromatic nitrogens is 1. The summed E-state index contributed by atoms with van der Waals surface area (Å²) in [5.74, 6) is 5.44. The lowest BCUT2D eigenvalue weighted by atomic mass is 9.82. The lowest BCUT2D eigenvalue weighted by Gasteiger charge is -2.34. The van der Waals surface area contributed by atoms with Crippen molar-refractivity contribution in [2.24, 2.45) is 5.73 Å². The number of benzene rings is 1. The van der Waals surface area contributed by atoms with Crippen LogP contribution in [0.5, 0.6) is 0 Å². The molecule has 25 heavy (non-hydrogen) atoms. The highest BCUT2D eigenvalue weighted by atomic mass is 35.5. The molecule has 1 aromatic heterocycles. The standard InChI is InChI=1S/C19H18Cl2N2O2/c20-14-4-1-3-13(11-14)8-10-19(25)9-2-5-15(12-19)23-16(18(22)24)6-7-17(23)21/h1,3-4,6-7,11,15,25H,2,5,9,12H2,(H2,22,24)/t15-,19+/m0/s1. The Balaban J connectivity index is 1.86. The van der Waals surface area contributed by atoms with E-state index in [2.05, 4.69) is 11.8 Å². The summed E-state index contributed by atoms with van der Waals surface area (Å²) >= 11 is 12.2. The maximum absolute atomic E-state index is 11.6. The summed E-state index contributed by atoms with van der Waals surface area (Å²) in [6, 6.07) is 10.3. The Labute approximate surface area is 156 Å². The molecule has 1 aliphatic rings.